The summed E-state index contributed by atoms with van der Waals surface area (Å²) in [5.74, 6) is -0.419. The predicted octanol–water partition coefficient (Wildman–Crippen LogP) is -0.200. The molecule has 0 aromatic heterocycles. The highest BCUT2D eigenvalue weighted by molar-refractivity contribution is 7.87. The predicted molar refractivity (Wildman–Crippen MR) is 76.5 cm³/mol. The number of ether oxygens (including phenoxy) is 1. The van der Waals surface area contributed by atoms with Gasteiger partial charge in [0.15, 0.2) is 0 Å². The highest BCUT2D eigenvalue weighted by Crippen LogP contribution is 2.08. The standard InChI is InChI=1S/C12H25N3O4S/c1-11(10-15-7-4-5-8-15)13-20(17,18)14(2)9-6-12(16)19-3/h11,13H,4-10H2,1-3H3. The molecule has 0 aromatic carbocycles. The van der Waals surface area contributed by atoms with Crippen molar-refractivity contribution in [2.45, 2.75) is 32.2 Å². The summed E-state index contributed by atoms with van der Waals surface area (Å²) in [7, 11) is -0.819. The van der Waals surface area contributed by atoms with Crippen molar-refractivity contribution in [2.75, 3.05) is 40.3 Å². The van der Waals surface area contributed by atoms with Gasteiger partial charge in [0.05, 0.1) is 13.5 Å². The van der Waals surface area contributed by atoms with E-state index >= 15 is 0 Å². The SMILES string of the molecule is COC(=O)CCN(C)S(=O)(=O)NC(C)CN1CCCC1. The molecule has 118 valence electrons. The molecule has 1 aliphatic rings. The van der Waals surface area contributed by atoms with Crippen LogP contribution in [0.1, 0.15) is 26.2 Å². The van der Waals surface area contributed by atoms with Crippen molar-refractivity contribution in [3.05, 3.63) is 0 Å². The first-order chi connectivity index (χ1) is 9.35. The minimum absolute atomic E-state index is 0.0500. The number of hydrogen-bond donors (Lipinski definition) is 1. The number of methoxy groups -OCH3 is 1. The Morgan fingerprint density at radius 2 is 2.00 bits per heavy atom. The molecule has 1 heterocycles. The number of nitrogens with one attached hydrogen (secondary N) is 1. The lowest BCUT2D eigenvalue weighted by Gasteiger charge is -2.24. The number of rotatable bonds is 8. The summed E-state index contributed by atoms with van der Waals surface area (Å²) in [4.78, 5) is 13.3. The van der Waals surface area contributed by atoms with E-state index in [9.17, 15) is 13.2 Å². The van der Waals surface area contributed by atoms with Gasteiger partial charge < -0.3 is 9.64 Å². The van der Waals surface area contributed by atoms with E-state index in [0.29, 0.717) is 6.54 Å². The topological polar surface area (TPSA) is 78.9 Å². The Morgan fingerprint density at radius 1 is 1.40 bits per heavy atom. The van der Waals surface area contributed by atoms with Gasteiger partial charge >= 0.3 is 5.97 Å². The highest BCUT2D eigenvalue weighted by Gasteiger charge is 2.23. The Kier molecular flexibility index (Phi) is 6.87. The number of esters is 1. The summed E-state index contributed by atoms with van der Waals surface area (Å²) in [6.45, 7) is 4.74. The normalized spacial score (nSPS) is 18.4. The molecule has 0 amide bonds. The Bertz CT molecular complexity index is 407. The second-order valence-electron chi connectivity index (χ2n) is 5.18. The van der Waals surface area contributed by atoms with Crippen molar-refractivity contribution in [2.24, 2.45) is 0 Å². The van der Waals surface area contributed by atoms with Crippen LogP contribution in [-0.4, -0.2) is 70.0 Å². The van der Waals surface area contributed by atoms with E-state index in [1.165, 1.54) is 27.0 Å². The van der Waals surface area contributed by atoms with E-state index in [2.05, 4.69) is 14.4 Å². The Morgan fingerprint density at radius 3 is 2.55 bits per heavy atom. The van der Waals surface area contributed by atoms with Gasteiger partial charge in [-0.15, -0.1) is 0 Å². The Hall–Kier alpha value is -0.700. The van der Waals surface area contributed by atoms with E-state index in [1.54, 1.807) is 0 Å². The lowest BCUT2D eigenvalue weighted by molar-refractivity contribution is -0.140. The number of nitrogens with zero attached hydrogens (tertiary/aromatic N) is 2. The molecule has 1 rings (SSSR count). The van der Waals surface area contributed by atoms with Gasteiger partial charge in [-0.05, 0) is 32.9 Å². The maximum Gasteiger partial charge on any atom is 0.306 e. The minimum atomic E-state index is -3.56. The molecule has 1 unspecified atom stereocenters. The molecule has 1 aliphatic heterocycles. The van der Waals surface area contributed by atoms with Crippen molar-refractivity contribution in [3.8, 4) is 0 Å². The molecule has 0 bridgehead atoms. The van der Waals surface area contributed by atoms with Crippen molar-refractivity contribution < 1.29 is 17.9 Å². The molecule has 0 aromatic rings. The quantitative estimate of drug-likeness (QED) is 0.628. The van der Waals surface area contributed by atoms with E-state index in [1.807, 2.05) is 6.92 Å². The highest BCUT2D eigenvalue weighted by atomic mass is 32.2. The maximum absolute atomic E-state index is 12.1. The molecule has 0 saturated carbocycles. The monoisotopic (exact) mass is 307 g/mol. The van der Waals surface area contributed by atoms with Crippen LogP contribution >= 0.6 is 0 Å². The first-order valence-corrected chi connectivity index (χ1v) is 8.32. The Balaban J connectivity index is 2.40. The lowest BCUT2D eigenvalue weighted by atomic mass is 10.3. The van der Waals surface area contributed by atoms with Crippen LogP contribution in [-0.2, 0) is 19.7 Å². The molecule has 1 fully saturated rings. The van der Waals surface area contributed by atoms with Crippen LogP contribution in [0.3, 0.4) is 0 Å². The molecule has 1 N–H and O–H groups in total. The van der Waals surface area contributed by atoms with Gasteiger partial charge in [0.25, 0.3) is 10.2 Å². The fourth-order valence-corrected chi connectivity index (χ4v) is 3.30. The zero-order chi connectivity index (χ0) is 15.2. The fourth-order valence-electron chi connectivity index (χ4n) is 2.20. The lowest BCUT2D eigenvalue weighted by Crippen LogP contribution is -2.47. The van der Waals surface area contributed by atoms with E-state index in [0.717, 1.165) is 17.4 Å². The molecule has 7 nitrogen and oxygen atoms in total. The fraction of sp³-hybridized carbons (Fsp3) is 0.917. The molecular weight excluding hydrogens is 282 g/mol. The van der Waals surface area contributed by atoms with E-state index in [-0.39, 0.29) is 19.0 Å². The second-order valence-corrected chi connectivity index (χ2v) is 6.99. The number of carbonyl (C=O) groups is 1. The average molecular weight is 307 g/mol. The molecule has 1 atom stereocenters. The van der Waals surface area contributed by atoms with Crippen molar-refractivity contribution >= 4 is 16.2 Å². The summed E-state index contributed by atoms with van der Waals surface area (Å²) < 4.78 is 32.4. The Labute approximate surface area is 121 Å². The van der Waals surface area contributed by atoms with Gasteiger partial charge in [0.2, 0.25) is 0 Å². The van der Waals surface area contributed by atoms with Gasteiger partial charge in [0.1, 0.15) is 0 Å². The first-order valence-electron chi connectivity index (χ1n) is 6.88. The first kappa shape index (κ1) is 17.4. The smallest absolute Gasteiger partial charge is 0.306 e. The summed E-state index contributed by atoms with van der Waals surface area (Å²) in [6, 6.07) is -0.154. The molecule has 0 radical (unpaired) electrons. The zero-order valence-electron chi connectivity index (χ0n) is 12.5. The molecule has 0 spiro atoms. The van der Waals surface area contributed by atoms with Crippen LogP contribution in [0.15, 0.2) is 0 Å². The third-order valence-electron chi connectivity index (χ3n) is 3.35. The summed E-state index contributed by atoms with van der Waals surface area (Å²) >= 11 is 0. The summed E-state index contributed by atoms with van der Waals surface area (Å²) in [5.41, 5.74) is 0. The molecule has 0 aliphatic carbocycles. The van der Waals surface area contributed by atoms with Crippen LogP contribution in [0.4, 0.5) is 0 Å². The summed E-state index contributed by atoms with van der Waals surface area (Å²) in [5, 5.41) is 0. The number of hydrogen-bond acceptors (Lipinski definition) is 5. The van der Waals surface area contributed by atoms with Gasteiger partial charge in [-0.2, -0.15) is 17.4 Å². The van der Waals surface area contributed by atoms with Crippen molar-refractivity contribution in [1.82, 2.24) is 13.9 Å². The molecular formula is C12H25N3O4S. The zero-order valence-corrected chi connectivity index (χ0v) is 13.3. The van der Waals surface area contributed by atoms with Crippen molar-refractivity contribution in [3.63, 3.8) is 0 Å². The van der Waals surface area contributed by atoms with Gasteiger partial charge in [-0.1, -0.05) is 0 Å². The number of likely N-dealkylation sites (tertiary alicyclic amines) is 1. The van der Waals surface area contributed by atoms with Crippen LogP contribution in [0.2, 0.25) is 0 Å². The average Bonchev–Trinajstić information content (AvgIpc) is 2.87. The largest absolute Gasteiger partial charge is 0.469 e. The van der Waals surface area contributed by atoms with E-state index in [4.69, 9.17) is 0 Å². The van der Waals surface area contributed by atoms with Gasteiger partial charge in [-0.3, -0.25) is 4.79 Å². The third kappa shape index (κ3) is 5.74. The number of carbonyl (C=O) groups excluding carboxylic acids is 1. The molecule has 1 saturated heterocycles. The van der Waals surface area contributed by atoms with Gasteiger partial charge in [-0.25, -0.2) is 0 Å². The van der Waals surface area contributed by atoms with E-state index < -0.39 is 16.2 Å². The van der Waals surface area contributed by atoms with Crippen LogP contribution in [0.25, 0.3) is 0 Å². The maximum atomic E-state index is 12.1. The van der Waals surface area contributed by atoms with Crippen LogP contribution in [0.5, 0.6) is 0 Å². The van der Waals surface area contributed by atoms with Crippen LogP contribution in [0, 0.1) is 0 Å². The minimum Gasteiger partial charge on any atom is -0.469 e. The third-order valence-corrected chi connectivity index (χ3v) is 5.05. The second kappa shape index (κ2) is 7.92. The van der Waals surface area contributed by atoms with Crippen LogP contribution < -0.4 is 4.72 Å². The molecule has 20 heavy (non-hydrogen) atoms. The summed E-state index contributed by atoms with van der Waals surface area (Å²) in [6.07, 6.45) is 2.41. The van der Waals surface area contributed by atoms with Crippen molar-refractivity contribution in [1.29, 1.82) is 0 Å². The molecule has 8 heteroatoms. The van der Waals surface area contributed by atoms with Gasteiger partial charge in [0, 0.05) is 26.2 Å².